The van der Waals surface area contributed by atoms with Gasteiger partial charge >= 0.3 is 12.4 Å². The number of nitrogens with zero attached hydrogens (tertiary/aromatic N) is 4. The van der Waals surface area contributed by atoms with Gasteiger partial charge in [-0.05, 0) is 75.4 Å². The Balaban J connectivity index is 1.32. The van der Waals surface area contributed by atoms with Crippen LogP contribution in [0.3, 0.4) is 0 Å². The minimum Gasteiger partial charge on any atom is -0.476 e. The number of hydrogen-bond donors (Lipinski definition) is 1. The molecule has 15 heteroatoms. The zero-order valence-electron chi connectivity index (χ0n) is 27.2. The number of unbranched alkanes of at least 4 members (excludes halogenated alkanes) is 1. The van der Waals surface area contributed by atoms with Gasteiger partial charge in [0.2, 0.25) is 17.7 Å². The number of amides is 2. The van der Waals surface area contributed by atoms with Crippen molar-refractivity contribution in [1.29, 1.82) is 0 Å². The van der Waals surface area contributed by atoms with Crippen LogP contribution in [0.15, 0.2) is 54.9 Å². The fourth-order valence-electron chi connectivity index (χ4n) is 5.63. The summed E-state index contributed by atoms with van der Waals surface area (Å²) in [6.45, 7) is 5.62. The van der Waals surface area contributed by atoms with Crippen molar-refractivity contribution in [3.63, 3.8) is 0 Å². The molecule has 0 spiro atoms. The fourth-order valence-corrected chi connectivity index (χ4v) is 5.63. The molecular weight excluding hydrogens is 656 g/mol. The molecule has 266 valence electrons. The van der Waals surface area contributed by atoms with E-state index in [1.165, 1.54) is 12.1 Å². The van der Waals surface area contributed by atoms with E-state index >= 15 is 0 Å². The van der Waals surface area contributed by atoms with Crippen molar-refractivity contribution < 1.29 is 45.4 Å². The second kappa shape index (κ2) is 16.8. The molecule has 1 saturated heterocycles. The molecule has 2 amide bonds. The number of nitrogens with one attached hydrogen (secondary N) is 1. The summed E-state index contributed by atoms with van der Waals surface area (Å²) in [5.74, 6) is -1.56. The minimum absolute atomic E-state index is 0.0306. The van der Waals surface area contributed by atoms with Crippen LogP contribution in [0.25, 0.3) is 11.1 Å². The second-order valence-electron chi connectivity index (χ2n) is 11.5. The molecule has 3 aromatic rings. The highest BCUT2D eigenvalue weighted by atomic mass is 19.4. The topological polar surface area (TPSA) is 96.9 Å². The molecule has 1 fully saturated rings. The number of halogens is 6. The lowest BCUT2D eigenvalue weighted by Crippen LogP contribution is -2.45. The van der Waals surface area contributed by atoms with Gasteiger partial charge in [0, 0.05) is 31.2 Å². The molecular formula is C34H39F6N5O4. The summed E-state index contributed by atoms with van der Waals surface area (Å²) >= 11 is 0. The second-order valence-corrected chi connectivity index (χ2v) is 11.5. The van der Waals surface area contributed by atoms with Gasteiger partial charge in [0.1, 0.15) is 12.7 Å². The Labute approximate surface area is 280 Å². The molecule has 0 aliphatic carbocycles. The summed E-state index contributed by atoms with van der Waals surface area (Å²) < 4.78 is 89.9. The smallest absolute Gasteiger partial charge is 0.416 e. The summed E-state index contributed by atoms with van der Waals surface area (Å²) in [5, 5.41) is 3.05. The number of hydrogen-bond acceptors (Lipinski definition) is 7. The van der Waals surface area contributed by atoms with Crippen molar-refractivity contribution in [2.75, 3.05) is 44.3 Å². The average molecular weight is 696 g/mol. The number of alkyl halides is 6. The van der Waals surface area contributed by atoms with Crippen molar-refractivity contribution in [3.8, 4) is 22.9 Å². The molecule has 4 rings (SSSR count). The highest BCUT2D eigenvalue weighted by Crippen LogP contribution is 2.37. The van der Waals surface area contributed by atoms with E-state index in [1.807, 2.05) is 0 Å². The van der Waals surface area contributed by atoms with Crippen LogP contribution in [0, 0.1) is 0 Å². The number of likely N-dealkylation sites (tertiary alicyclic amines) is 1. The highest BCUT2D eigenvalue weighted by molar-refractivity contribution is 6.01. The summed E-state index contributed by atoms with van der Waals surface area (Å²) in [5.41, 5.74) is 0.581. The molecule has 1 aromatic heterocycles. The van der Waals surface area contributed by atoms with Crippen LogP contribution in [0.4, 0.5) is 32.0 Å². The first-order chi connectivity index (χ1) is 23.3. The molecule has 1 aliphatic heterocycles. The molecule has 0 unspecified atom stereocenters. The number of benzene rings is 2. The zero-order chi connectivity index (χ0) is 35.6. The van der Waals surface area contributed by atoms with Crippen molar-refractivity contribution in [1.82, 2.24) is 20.2 Å². The van der Waals surface area contributed by atoms with Gasteiger partial charge in [-0.3, -0.25) is 9.59 Å². The largest absolute Gasteiger partial charge is 0.476 e. The number of aromatic nitrogens is 2. The number of rotatable bonds is 14. The van der Waals surface area contributed by atoms with Crippen LogP contribution < -0.4 is 19.7 Å². The number of carbonyl (C=O) groups excluding carboxylic acids is 2. The molecule has 0 atom stereocenters. The Hall–Kier alpha value is -4.40. The van der Waals surface area contributed by atoms with Gasteiger partial charge in [0.25, 0.3) is 5.91 Å². The van der Waals surface area contributed by atoms with Crippen LogP contribution in [-0.2, 0) is 11.0 Å². The van der Waals surface area contributed by atoms with E-state index in [0.717, 1.165) is 23.4 Å². The van der Waals surface area contributed by atoms with Crippen LogP contribution in [0.1, 0.15) is 61.9 Å². The van der Waals surface area contributed by atoms with E-state index in [-0.39, 0.29) is 49.2 Å². The van der Waals surface area contributed by atoms with E-state index in [0.29, 0.717) is 62.0 Å². The summed E-state index contributed by atoms with van der Waals surface area (Å²) in [7, 11) is 0. The fraction of sp³-hybridized carbons (Fsp3) is 0.471. The minimum atomic E-state index is -4.72. The van der Waals surface area contributed by atoms with Crippen LogP contribution in [0.5, 0.6) is 11.8 Å². The number of ether oxygens (including phenoxy) is 2. The molecule has 49 heavy (non-hydrogen) atoms. The monoisotopic (exact) mass is 695 g/mol. The normalized spacial score (nSPS) is 14.4. The Morgan fingerprint density at radius 2 is 1.51 bits per heavy atom. The average Bonchev–Trinajstić information content (AvgIpc) is 3.05. The first-order valence-corrected chi connectivity index (χ1v) is 16.1. The quantitative estimate of drug-likeness (QED) is 0.145. The van der Waals surface area contributed by atoms with E-state index in [4.69, 9.17) is 9.47 Å². The zero-order valence-corrected chi connectivity index (χ0v) is 27.2. The predicted octanol–water partition coefficient (Wildman–Crippen LogP) is 6.92. The third kappa shape index (κ3) is 10.5. The van der Waals surface area contributed by atoms with Crippen LogP contribution >= 0.6 is 0 Å². The molecule has 1 aliphatic rings. The standard InChI is InChI=1S/C34H39F6N5O4/c1-3-48-31-29(32(49-4-2)42-22-41-31)45(28(46)21-33(35,36)37)18-8-7-17-44-19-15-25(16-20-44)43-30(47)27-10-6-5-9-26(27)23-11-13-24(14-12-23)34(38,39)40/h5-6,9-14,22,25H,3-4,7-8,15-21H2,1-2H3,(H,43,47). The van der Waals surface area contributed by atoms with Gasteiger partial charge in [-0.2, -0.15) is 36.3 Å². The van der Waals surface area contributed by atoms with E-state index in [2.05, 4.69) is 20.2 Å². The molecule has 0 radical (unpaired) electrons. The van der Waals surface area contributed by atoms with Crippen molar-refractivity contribution in [2.45, 2.75) is 64.3 Å². The van der Waals surface area contributed by atoms with Gasteiger partial charge in [-0.15, -0.1) is 0 Å². The first-order valence-electron chi connectivity index (χ1n) is 16.1. The molecule has 2 aromatic carbocycles. The summed E-state index contributed by atoms with van der Waals surface area (Å²) in [4.78, 5) is 37.4. The van der Waals surface area contributed by atoms with Crippen molar-refractivity contribution in [2.24, 2.45) is 0 Å². The first kappa shape index (κ1) is 37.4. The van der Waals surface area contributed by atoms with Crippen LogP contribution in [-0.4, -0.2) is 78.3 Å². The molecule has 2 heterocycles. The summed E-state index contributed by atoms with van der Waals surface area (Å²) in [6.07, 6.45) is -7.40. The maximum Gasteiger partial charge on any atom is 0.416 e. The lowest BCUT2D eigenvalue weighted by atomic mass is 9.97. The predicted molar refractivity (Wildman–Crippen MR) is 170 cm³/mol. The Morgan fingerprint density at radius 1 is 0.898 bits per heavy atom. The van der Waals surface area contributed by atoms with Gasteiger partial charge in [-0.25, -0.2) is 0 Å². The Bertz CT molecular complexity index is 1520. The van der Waals surface area contributed by atoms with E-state index in [1.54, 1.807) is 38.1 Å². The maximum atomic E-state index is 13.3. The number of piperidine rings is 1. The van der Waals surface area contributed by atoms with Crippen LogP contribution in [0.2, 0.25) is 0 Å². The molecule has 0 bridgehead atoms. The number of carbonyl (C=O) groups is 2. The lowest BCUT2D eigenvalue weighted by Gasteiger charge is -2.32. The SMILES string of the molecule is CCOc1ncnc(OCC)c1N(CCCCN1CCC(NC(=O)c2ccccc2-c2ccc(C(F)(F)F)cc2)CC1)C(=O)CC(F)(F)F. The van der Waals surface area contributed by atoms with Gasteiger partial charge < -0.3 is 24.6 Å². The molecule has 0 saturated carbocycles. The lowest BCUT2D eigenvalue weighted by molar-refractivity contribution is -0.152. The third-order valence-electron chi connectivity index (χ3n) is 7.96. The van der Waals surface area contributed by atoms with E-state index in [9.17, 15) is 35.9 Å². The molecule has 9 nitrogen and oxygen atoms in total. The number of anilines is 1. The summed E-state index contributed by atoms with van der Waals surface area (Å²) in [6, 6.07) is 11.3. The Kier molecular flexibility index (Phi) is 12.8. The van der Waals surface area contributed by atoms with Gasteiger partial charge in [-0.1, -0.05) is 30.3 Å². The molecule has 1 N–H and O–H groups in total. The third-order valence-corrected chi connectivity index (χ3v) is 7.96. The van der Waals surface area contributed by atoms with Crippen molar-refractivity contribution in [3.05, 3.63) is 66.0 Å². The van der Waals surface area contributed by atoms with E-state index < -0.39 is 30.2 Å². The van der Waals surface area contributed by atoms with Crippen molar-refractivity contribution >= 4 is 17.5 Å². The highest BCUT2D eigenvalue weighted by Gasteiger charge is 2.36. The van der Waals surface area contributed by atoms with Gasteiger partial charge in [0.15, 0.2) is 5.69 Å². The maximum absolute atomic E-state index is 13.3. The van der Waals surface area contributed by atoms with Gasteiger partial charge in [0.05, 0.1) is 18.8 Å². The Morgan fingerprint density at radius 3 is 2.08 bits per heavy atom.